The third kappa shape index (κ3) is 4.10. The summed E-state index contributed by atoms with van der Waals surface area (Å²) in [5.74, 6) is 0.924. The lowest BCUT2D eigenvalue weighted by molar-refractivity contribution is 0.0604. The molecular weight excluding hydrogens is 421 g/mol. The fourth-order valence-electron chi connectivity index (χ4n) is 3.60. The molecule has 1 saturated heterocycles. The Morgan fingerprint density at radius 2 is 2.31 bits per heavy atom. The molecule has 11 nitrogen and oxygen atoms in total. The molecule has 170 valence electrons. The number of ether oxygens (including phenoxy) is 3. The highest BCUT2D eigenvalue weighted by Crippen LogP contribution is 2.36. The Labute approximate surface area is 182 Å². The van der Waals surface area contributed by atoms with Crippen LogP contribution in [-0.2, 0) is 20.8 Å². The highest BCUT2D eigenvalue weighted by Gasteiger charge is 2.44. The Bertz CT molecular complexity index is 1130. The lowest BCUT2D eigenvalue weighted by Gasteiger charge is -2.17. The molecule has 2 fully saturated rings. The maximum atomic E-state index is 14.9. The van der Waals surface area contributed by atoms with E-state index in [2.05, 4.69) is 30.8 Å². The molecule has 2 aliphatic rings. The summed E-state index contributed by atoms with van der Waals surface area (Å²) in [6.07, 6.45) is 1.18. The molecule has 0 spiro atoms. The van der Waals surface area contributed by atoms with E-state index in [0.29, 0.717) is 29.7 Å². The normalized spacial score (nSPS) is 23.9. The number of hydrogen-bond acceptors (Lipinski definition) is 8. The van der Waals surface area contributed by atoms with Crippen molar-refractivity contribution in [2.75, 3.05) is 19.0 Å². The first-order valence-electron chi connectivity index (χ1n) is 10.3. The van der Waals surface area contributed by atoms with Crippen molar-refractivity contribution < 1.29 is 23.4 Å². The lowest BCUT2D eigenvalue weighted by atomic mass is 10.1. The van der Waals surface area contributed by atoms with Gasteiger partial charge in [-0.3, -0.25) is 9.50 Å². The zero-order chi connectivity index (χ0) is 22.3. The van der Waals surface area contributed by atoms with Crippen LogP contribution in [0.3, 0.4) is 0 Å². The number of carbonyl (C=O) groups excluding carboxylic acids is 1. The maximum absolute atomic E-state index is 14.9. The van der Waals surface area contributed by atoms with Crippen molar-refractivity contribution in [3.63, 3.8) is 0 Å². The van der Waals surface area contributed by atoms with Gasteiger partial charge < -0.3 is 24.8 Å². The molecule has 1 aliphatic heterocycles. The minimum absolute atomic E-state index is 0.0318. The van der Waals surface area contributed by atoms with Gasteiger partial charge in [-0.1, -0.05) is 0 Å². The number of halogens is 1. The summed E-state index contributed by atoms with van der Waals surface area (Å²) < 4.78 is 32.6. The minimum atomic E-state index is -1.52. The highest BCUT2D eigenvalue weighted by molar-refractivity contribution is 5.69. The first-order valence-corrected chi connectivity index (χ1v) is 10.3. The summed E-state index contributed by atoms with van der Waals surface area (Å²) in [6, 6.07) is 3.42. The number of nitrogens with one attached hydrogen (secondary N) is 3. The Balaban J connectivity index is 1.25. The predicted molar refractivity (Wildman–Crippen MR) is 110 cm³/mol. The number of anilines is 2. The average Bonchev–Trinajstić information content (AvgIpc) is 3.12. The number of rotatable bonds is 7. The van der Waals surface area contributed by atoms with E-state index in [1.54, 1.807) is 29.8 Å². The smallest absolute Gasteiger partial charge is 0.408 e. The molecule has 3 aromatic heterocycles. The van der Waals surface area contributed by atoms with Crippen molar-refractivity contribution in [3.8, 4) is 0 Å². The van der Waals surface area contributed by atoms with Gasteiger partial charge in [0.15, 0.2) is 18.1 Å². The largest absolute Gasteiger partial charge is 0.441 e. The molecule has 12 heteroatoms. The average molecular weight is 445 g/mol. The van der Waals surface area contributed by atoms with Crippen LogP contribution in [0, 0.1) is 0 Å². The van der Waals surface area contributed by atoms with Crippen LogP contribution in [0.25, 0.3) is 5.65 Å². The van der Waals surface area contributed by atoms with Crippen molar-refractivity contribution in [2.24, 2.45) is 0 Å². The third-order valence-electron chi connectivity index (χ3n) is 5.61. The molecular formula is C20H24FN7O4. The summed E-state index contributed by atoms with van der Waals surface area (Å²) in [7, 11) is 1.60. The summed E-state index contributed by atoms with van der Waals surface area (Å²) in [4.78, 5) is 20.8. The molecule has 1 saturated carbocycles. The lowest BCUT2D eigenvalue weighted by Crippen LogP contribution is -2.39. The Morgan fingerprint density at radius 3 is 3.09 bits per heavy atom. The van der Waals surface area contributed by atoms with Crippen LogP contribution < -0.4 is 10.6 Å². The van der Waals surface area contributed by atoms with E-state index in [4.69, 9.17) is 14.2 Å². The van der Waals surface area contributed by atoms with Gasteiger partial charge in [0.25, 0.3) is 0 Å². The number of alkyl halides is 1. The van der Waals surface area contributed by atoms with Gasteiger partial charge in [0, 0.05) is 31.1 Å². The van der Waals surface area contributed by atoms with Gasteiger partial charge in [-0.05, 0) is 25.8 Å². The molecule has 0 aromatic carbocycles. The zero-order valence-electron chi connectivity index (χ0n) is 17.7. The van der Waals surface area contributed by atoms with Crippen LogP contribution in [0.2, 0.25) is 0 Å². The highest BCUT2D eigenvalue weighted by atomic mass is 19.1. The van der Waals surface area contributed by atoms with Crippen LogP contribution in [0.1, 0.15) is 37.3 Å². The van der Waals surface area contributed by atoms with Gasteiger partial charge in [-0.25, -0.2) is 19.2 Å². The van der Waals surface area contributed by atoms with Crippen molar-refractivity contribution in [1.29, 1.82) is 0 Å². The van der Waals surface area contributed by atoms with E-state index in [9.17, 15) is 9.18 Å². The van der Waals surface area contributed by atoms with E-state index in [-0.39, 0.29) is 12.1 Å². The van der Waals surface area contributed by atoms with Crippen LogP contribution >= 0.6 is 0 Å². The topological polar surface area (TPSA) is 128 Å². The van der Waals surface area contributed by atoms with Crippen molar-refractivity contribution in [1.82, 2.24) is 29.9 Å². The minimum Gasteiger partial charge on any atom is -0.441 e. The van der Waals surface area contributed by atoms with E-state index < -0.39 is 24.5 Å². The summed E-state index contributed by atoms with van der Waals surface area (Å²) in [5, 5.41) is 12.8. The number of amides is 1. The van der Waals surface area contributed by atoms with E-state index >= 15 is 0 Å². The Hall–Kier alpha value is -3.25. The number of aromatic nitrogens is 5. The molecule has 0 bridgehead atoms. The van der Waals surface area contributed by atoms with E-state index in [1.165, 1.54) is 0 Å². The Morgan fingerprint density at radius 1 is 1.47 bits per heavy atom. The Kier molecular flexibility index (Phi) is 5.18. The second-order valence-corrected chi connectivity index (χ2v) is 8.32. The number of hydrogen-bond donors (Lipinski definition) is 3. The zero-order valence-corrected chi connectivity index (χ0v) is 17.7. The second-order valence-electron chi connectivity index (χ2n) is 8.32. The molecule has 4 heterocycles. The predicted octanol–water partition coefficient (Wildman–Crippen LogP) is 2.40. The van der Waals surface area contributed by atoms with E-state index in [0.717, 1.165) is 18.5 Å². The van der Waals surface area contributed by atoms with Gasteiger partial charge >= 0.3 is 6.09 Å². The van der Waals surface area contributed by atoms with Gasteiger partial charge in [0.1, 0.15) is 11.8 Å². The van der Waals surface area contributed by atoms with Crippen LogP contribution in [0.4, 0.5) is 21.0 Å². The number of imidazole rings is 1. The number of aromatic amines is 1. The fourth-order valence-corrected chi connectivity index (χ4v) is 3.60. The number of carbonyl (C=O) groups is 1. The number of H-pyrrole nitrogens is 1. The first-order chi connectivity index (χ1) is 15.4. The fraction of sp³-hybridized carbons (Fsp3) is 0.500. The maximum Gasteiger partial charge on any atom is 0.408 e. The standard InChI is InChI=1S/C20H24FN7O4/c1-20(4-5-20)25-19(29)32-13-10-31-17(16(13)21)12-7-14(27-26-12)24-18-22-6-3-15-23-11(9-30-2)8-28(15)18/h3,6-8,13,16-17H,4-5,9-10H2,1-2H3,(H,25,29)(H2,22,24,26,27)/t13-,16+,17-/m0/s1. The number of fused-ring (bicyclic) bond motifs is 1. The molecule has 0 unspecified atom stereocenters. The van der Waals surface area contributed by atoms with Crippen molar-refractivity contribution >= 4 is 23.5 Å². The van der Waals surface area contributed by atoms with Crippen molar-refractivity contribution in [2.45, 2.75) is 50.3 Å². The van der Waals surface area contributed by atoms with Gasteiger partial charge in [0.2, 0.25) is 5.95 Å². The molecule has 3 N–H and O–H groups in total. The first kappa shape index (κ1) is 20.6. The molecule has 0 radical (unpaired) electrons. The van der Waals surface area contributed by atoms with Gasteiger partial charge in [0.05, 0.1) is 24.6 Å². The SMILES string of the molecule is COCc1cn2c(Nc3cc([C@@H]4OC[C@H](OC(=O)NC5(C)CC5)[C@H]4F)[nH]n3)nccc2n1. The second kappa shape index (κ2) is 8.02. The summed E-state index contributed by atoms with van der Waals surface area (Å²) in [6.45, 7) is 2.27. The molecule has 1 aliphatic carbocycles. The monoisotopic (exact) mass is 445 g/mol. The number of alkyl carbamates (subject to hydrolysis) is 1. The molecule has 3 atom stereocenters. The van der Waals surface area contributed by atoms with Crippen LogP contribution in [0.5, 0.6) is 0 Å². The van der Waals surface area contributed by atoms with Gasteiger partial charge in [-0.2, -0.15) is 5.10 Å². The summed E-state index contributed by atoms with van der Waals surface area (Å²) >= 11 is 0. The third-order valence-corrected chi connectivity index (χ3v) is 5.61. The van der Waals surface area contributed by atoms with E-state index in [1.807, 2.05) is 13.1 Å². The molecule has 32 heavy (non-hydrogen) atoms. The number of nitrogens with zero attached hydrogens (tertiary/aromatic N) is 4. The number of methoxy groups -OCH3 is 1. The summed E-state index contributed by atoms with van der Waals surface area (Å²) in [5.41, 5.74) is 1.66. The van der Waals surface area contributed by atoms with Crippen LogP contribution in [-0.4, -0.2) is 62.2 Å². The van der Waals surface area contributed by atoms with Crippen LogP contribution in [0.15, 0.2) is 24.5 Å². The molecule has 5 rings (SSSR count). The quantitative estimate of drug-likeness (QED) is 0.506. The molecule has 1 amide bonds. The molecule has 3 aromatic rings. The van der Waals surface area contributed by atoms with Gasteiger partial charge in [-0.15, -0.1) is 0 Å². The van der Waals surface area contributed by atoms with Crippen molar-refractivity contribution in [3.05, 3.63) is 35.9 Å².